The molecule has 3 nitrogen and oxygen atoms in total. The summed E-state index contributed by atoms with van der Waals surface area (Å²) in [6.45, 7) is 0. The molecule has 1 saturated carbocycles. The molecule has 3 rings (SSSR count). The first-order valence-electron chi connectivity index (χ1n) is 4.55. The largest absolute Gasteiger partial charge is 0.473 e. The SMILES string of the molecule is O=C(N1OC2CCC1CC2)C(F)(F)F. The molecule has 2 bridgehead atoms. The summed E-state index contributed by atoms with van der Waals surface area (Å²) in [6, 6.07) is -0.380. The van der Waals surface area contributed by atoms with Crippen molar-refractivity contribution in [2.24, 2.45) is 0 Å². The molecule has 0 aromatic carbocycles. The van der Waals surface area contributed by atoms with Crippen molar-refractivity contribution in [3.63, 3.8) is 0 Å². The number of halogens is 3. The van der Waals surface area contributed by atoms with Crippen molar-refractivity contribution in [1.82, 2.24) is 5.06 Å². The molecule has 0 atom stereocenters. The molecule has 0 spiro atoms. The molecule has 6 heteroatoms. The van der Waals surface area contributed by atoms with Crippen molar-refractivity contribution in [2.45, 2.75) is 44.0 Å². The van der Waals surface area contributed by atoms with Crippen LogP contribution < -0.4 is 0 Å². The van der Waals surface area contributed by atoms with Crippen LogP contribution in [-0.2, 0) is 9.63 Å². The smallest absolute Gasteiger partial charge is 0.267 e. The molecule has 0 unspecified atom stereocenters. The van der Waals surface area contributed by atoms with Crippen molar-refractivity contribution in [2.75, 3.05) is 0 Å². The van der Waals surface area contributed by atoms with Gasteiger partial charge in [0.2, 0.25) is 0 Å². The van der Waals surface area contributed by atoms with Crippen LogP contribution in [0.1, 0.15) is 25.7 Å². The minimum atomic E-state index is -4.82. The summed E-state index contributed by atoms with van der Waals surface area (Å²) in [4.78, 5) is 15.8. The van der Waals surface area contributed by atoms with Crippen molar-refractivity contribution in [3.8, 4) is 0 Å². The first-order chi connectivity index (χ1) is 6.48. The summed E-state index contributed by atoms with van der Waals surface area (Å²) in [5.41, 5.74) is 0. The number of fused-ring (bicyclic) bond motifs is 3. The lowest BCUT2D eigenvalue weighted by Gasteiger charge is -2.43. The highest BCUT2D eigenvalue weighted by molar-refractivity contribution is 5.81. The van der Waals surface area contributed by atoms with E-state index in [0.29, 0.717) is 17.9 Å². The minimum Gasteiger partial charge on any atom is -0.267 e. The Labute approximate surface area is 78.8 Å². The van der Waals surface area contributed by atoms with E-state index < -0.39 is 12.1 Å². The maximum atomic E-state index is 12.1. The van der Waals surface area contributed by atoms with Crippen LogP contribution in [0.25, 0.3) is 0 Å². The first kappa shape index (κ1) is 9.76. The lowest BCUT2D eigenvalue weighted by molar-refractivity contribution is -0.286. The quantitative estimate of drug-likeness (QED) is 0.606. The van der Waals surface area contributed by atoms with Gasteiger partial charge >= 0.3 is 12.1 Å². The van der Waals surface area contributed by atoms with Crippen molar-refractivity contribution in [1.29, 1.82) is 0 Å². The molecule has 80 valence electrons. The fraction of sp³-hybridized carbons (Fsp3) is 0.875. The lowest BCUT2D eigenvalue weighted by Crippen LogP contribution is -2.54. The Morgan fingerprint density at radius 2 is 1.79 bits per heavy atom. The zero-order chi connectivity index (χ0) is 10.3. The molecule has 3 fully saturated rings. The van der Waals surface area contributed by atoms with Gasteiger partial charge in [-0.2, -0.15) is 13.2 Å². The number of amides is 1. The zero-order valence-corrected chi connectivity index (χ0v) is 7.38. The van der Waals surface area contributed by atoms with Gasteiger partial charge in [-0.1, -0.05) is 0 Å². The number of rotatable bonds is 0. The van der Waals surface area contributed by atoms with Crippen LogP contribution in [0.4, 0.5) is 13.2 Å². The van der Waals surface area contributed by atoms with E-state index in [1.807, 2.05) is 0 Å². The molecule has 0 radical (unpaired) electrons. The molecule has 3 aliphatic rings. The summed E-state index contributed by atoms with van der Waals surface area (Å²) in [5, 5.41) is 0.525. The van der Waals surface area contributed by atoms with Gasteiger partial charge in [0.25, 0.3) is 0 Å². The number of hydrogen-bond acceptors (Lipinski definition) is 2. The maximum Gasteiger partial charge on any atom is 0.473 e. The van der Waals surface area contributed by atoms with Gasteiger partial charge in [-0.05, 0) is 25.7 Å². The molecular weight excluding hydrogens is 199 g/mol. The van der Waals surface area contributed by atoms with Gasteiger partial charge < -0.3 is 0 Å². The third kappa shape index (κ3) is 1.58. The minimum absolute atomic E-state index is 0.203. The van der Waals surface area contributed by atoms with Gasteiger partial charge in [0.05, 0.1) is 12.1 Å². The topological polar surface area (TPSA) is 29.5 Å². The Hall–Kier alpha value is -0.780. The Bertz CT molecular complexity index is 245. The van der Waals surface area contributed by atoms with Crippen LogP contribution in [0.3, 0.4) is 0 Å². The van der Waals surface area contributed by atoms with E-state index in [9.17, 15) is 18.0 Å². The van der Waals surface area contributed by atoms with Crippen LogP contribution in [0.5, 0.6) is 0 Å². The van der Waals surface area contributed by atoms with Gasteiger partial charge in [-0.15, -0.1) is 0 Å². The number of alkyl halides is 3. The lowest BCUT2D eigenvalue weighted by atomic mass is 9.91. The third-order valence-electron chi connectivity index (χ3n) is 2.68. The Morgan fingerprint density at radius 3 is 2.14 bits per heavy atom. The van der Waals surface area contributed by atoms with E-state index in [2.05, 4.69) is 0 Å². The second kappa shape index (κ2) is 3.12. The summed E-state index contributed by atoms with van der Waals surface area (Å²) < 4.78 is 36.3. The molecule has 2 aliphatic heterocycles. The van der Waals surface area contributed by atoms with Gasteiger partial charge in [-0.25, -0.2) is 5.06 Å². The number of nitrogens with zero attached hydrogens (tertiary/aromatic N) is 1. The molecule has 2 saturated heterocycles. The van der Waals surface area contributed by atoms with E-state index in [0.717, 1.165) is 12.8 Å². The number of hydroxylamine groups is 2. The van der Waals surface area contributed by atoms with E-state index in [1.54, 1.807) is 0 Å². The summed E-state index contributed by atoms with van der Waals surface area (Å²) in [6.07, 6.45) is -2.28. The molecule has 2 heterocycles. The first-order valence-corrected chi connectivity index (χ1v) is 4.55. The highest BCUT2D eigenvalue weighted by Crippen LogP contribution is 2.35. The summed E-state index contributed by atoms with van der Waals surface area (Å²) in [7, 11) is 0. The Kier molecular flexibility index (Phi) is 2.17. The average Bonchev–Trinajstić information content (AvgIpc) is 2.17. The van der Waals surface area contributed by atoms with Crippen LogP contribution in [0, 0.1) is 0 Å². The van der Waals surface area contributed by atoms with E-state index >= 15 is 0 Å². The predicted molar refractivity (Wildman–Crippen MR) is 40.0 cm³/mol. The Morgan fingerprint density at radius 1 is 1.21 bits per heavy atom. The normalized spacial score (nSPS) is 32.1. The molecule has 0 N–H and O–H groups in total. The average molecular weight is 209 g/mol. The second-order valence-corrected chi connectivity index (χ2v) is 3.66. The number of carbonyl (C=O) groups excluding carboxylic acids is 1. The summed E-state index contributed by atoms with van der Waals surface area (Å²) >= 11 is 0. The van der Waals surface area contributed by atoms with E-state index in [4.69, 9.17) is 4.84 Å². The van der Waals surface area contributed by atoms with Crippen LogP contribution >= 0.6 is 0 Å². The predicted octanol–water partition coefficient (Wildman–Crippen LogP) is 1.63. The fourth-order valence-corrected chi connectivity index (χ4v) is 1.97. The van der Waals surface area contributed by atoms with Gasteiger partial charge in [0, 0.05) is 0 Å². The zero-order valence-electron chi connectivity index (χ0n) is 7.38. The third-order valence-corrected chi connectivity index (χ3v) is 2.68. The van der Waals surface area contributed by atoms with Crippen LogP contribution in [0.2, 0.25) is 0 Å². The van der Waals surface area contributed by atoms with E-state index in [-0.39, 0.29) is 12.1 Å². The van der Waals surface area contributed by atoms with Crippen molar-refractivity contribution < 1.29 is 22.8 Å². The van der Waals surface area contributed by atoms with Crippen molar-refractivity contribution in [3.05, 3.63) is 0 Å². The molecule has 14 heavy (non-hydrogen) atoms. The standard InChI is InChI=1S/C8H10F3NO2/c9-8(10,11)7(13)12-5-1-3-6(14-12)4-2-5/h5-6H,1-4H2. The van der Waals surface area contributed by atoms with Crippen LogP contribution in [-0.4, -0.2) is 29.3 Å². The van der Waals surface area contributed by atoms with Gasteiger partial charge in [-0.3, -0.25) is 9.63 Å². The molecule has 1 aliphatic carbocycles. The summed E-state index contributed by atoms with van der Waals surface area (Å²) in [5.74, 6) is -1.87. The monoisotopic (exact) mass is 209 g/mol. The van der Waals surface area contributed by atoms with Crippen LogP contribution in [0.15, 0.2) is 0 Å². The highest BCUT2D eigenvalue weighted by atomic mass is 19.4. The molecular formula is C8H10F3NO2. The fourth-order valence-electron chi connectivity index (χ4n) is 1.97. The molecule has 0 aromatic heterocycles. The second-order valence-electron chi connectivity index (χ2n) is 3.66. The maximum absolute atomic E-state index is 12.1. The van der Waals surface area contributed by atoms with E-state index in [1.165, 1.54) is 0 Å². The Balaban J connectivity index is 2.09. The van der Waals surface area contributed by atoms with Crippen molar-refractivity contribution >= 4 is 5.91 Å². The molecule has 0 aromatic rings. The number of hydrogen-bond donors (Lipinski definition) is 0. The molecule has 1 amide bonds. The highest BCUT2D eigenvalue weighted by Gasteiger charge is 2.49. The number of carbonyl (C=O) groups is 1. The van der Waals surface area contributed by atoms with Gasteiger partial charge in [0.1, 0.15) is 0 Å². The van der Waals surface area contributed by atoms with Gasteiger partial charge in [0.15, 0.2) is 0 Å².